The first-order chi connectivity index (χ1) is 12.7. The summed E-state index contributed by atoms with van der Waals surface area (Å²) in [7, 11) is -3.25. The number of benzene rings is 2. The third kappa shape index (κ3) is 5.89. The lowest BCUT2D eigenvalue weighted by atomic mass is 10.1. The first kappa shape index (κ1) is 20.6. The van der Waals surface area contributed by atoms with E-state index < -0.39 is 28.0 Å². The molecule has 0 saturated carbocycles. The van der Waals surface area contributed by atoms with Crippen molar-refractivity contribution in [3.05, 3.63) is 59.4 Å². The highest BCUT2D eigenvalue weighted by Crippen LogP contribution is 2.17. The summed E-state index contributed by atoms with van der Waals surface area (Å²) in [4.78, 5) is 22.9. The highest BCUT2D eigenvalue weighted by Gasteiger charge is 2.12. The summed E-state index contributed by atoms with van der Waals surface area (Å²) in [6, 6.07) is 10.2. The van der Waals surface area contributed by atoms with Crippen LogP contribution in [0.3, 0.4) is 0 Å². The fraction of sp³-hybridized carbons (Fsp3) is 0.263. The number of aryl methyl sites for hydroxylation is 1. The number of aliphatic carboxylic acids is 1. The van der Waals surface area contributed by atoms with Crippen LogP contribution in [-0.4, -0.2) is 31.2 Å². The first-order valence-electron chi connectivity index (χ1n) is 8.33. The molecule has 2 aromatic rings. The molecule has 144 valence electrons. The first-order valence-corrected chi connectivity index (χ1v) is 9.98. The average molecular weight is 393 g/mol. The molecule has 2 rings (SSSR count). The van der Waals surface area contributed by atoms with Gasteiger partial charge in [0.05, 0.1) is 17.1 Å². The summed E-state index contributed by atoms with van der Waals surface area (Å²) in [5.41, 5.74) is 1.10. The number of anilines is 1. The van der Waals surface area contributed by atoms with Gasteiger partial charge in [0, 0.05) is 12.1 Å². The Balaban J connectivity index is 1.93. The maximum atomic E-state index is 13.8. The average Bonchev–Trinajstić information content (AvgIpc) is 2.62. The van der Waals surface area contributed by atoms with Crippen molar-refractivity contribution in [2.45, 2.75) is 31.1 Å². The summed E-state index contributed by atoms with van der Waals surface area (Å²) in [6.07, 6.45) is 0.111. The van der Waals surface area contributed by atoms with E-state index in [1.807, 2.05) is 0 Å². The van der Waals surface area contributed by atoms with Crippen LogP contribution < -0.4 is 5.32 Å². The zero-order valence-corrected chi connectivity index (χ0v) is 15.6. The van der Waals surface area contributed by atoms with Gasteiger partial charge in [-0.15, -0.1) is 0 Å². The molecule has 0 aromatic heterocycles. The minimum Gasteiger partial charge on any atom is -0.481 e. The normalized spacial score (nSPS) is 11.2. The van der Waals surface area contributed by atoms with Crippen LogP contribution in [0.15, 0.2) is 47.4 Å². The number of hydrogen-bond acceptors (Lipinski definition) is 4. The Morgan fingerprint density at radius 1 is 1.11 bits per heavy atom. The molecule has 0 unspecified atom stereocenters. The van der Waals surface area contributed by atoms with Gasteiger partial charge in [-0.05, 0) is 41.8 Å². The number of carboxylic acid groups (broad SMARTS) is 1. The second kappa shape index (κ2) is 8.77. The molecule has 2 aromatic carbocycles. The Kier molecular flexibility index (Phi) is 6.68. The number of carbonyl (C=O) groups is 2. The Hall–Kier alpha value is -2.74. The molecule has 8 heteroatoms. The van der Waals surface area contributed by atoms with E-state index in [1.165, 1.54) is 24.3 Å². The molecule has 0 fully saturated rings. The molecule has 0 aliphatic heterocycles. The molecular formula is C19H20FNO5S. The smallest absolute Gasteiger partial charge is 0.307 e. The van der Waals surface area contributed by atoms with Crippen molar-refractivity contribution in [1.82, 2.24) is 0 Å². The van der Waals surface area contributed by atoms with Crippen LogP contribution in [0.4, 0.5) is 10.1 Å². The topological polar surface area (TPSA) is 101 Å². The quantitative estimate of drug-likeness (QED) is 0.718. The minimum absolute atomic E-state index is 0.0244. The van der Waals surface area contributed by atoms with Crippen LogP contribution >= 0.6 is 0 Å². The fourth-order valence-corrected chi connectivity index (χ4v) is 3.33. The van der Waals surface area contributed by atoms with Crippen molar-refractivity contribution < 1.29 is 27.5 Å². The predicted octanol–water partition coefficient (Wildman–Crippen LogP) is 2.82. The number of carbonyl (C=O) groups excluding carboxylic acids is 1. The summed E-state index contributed by atoms with van der Waals surface area (Å²) in [5, 5.41) is 11.2. The van der Waals surface area contributed by atoms with Crippen LogP contribution in [0.1, 0.15) is 24.5 Å². The summed E-state index contributed by atoms with van der Waals surface area (Å²) in [6.45, 7) is 1.57. The Labute approximate surface area is 157 Å². The van der Waals surface area contributed by atoms with E-state index in [9.17, 15) is 22.4 Å². The highest BCUT2D eigenvalue weighted by atomic mass is 32.2. The third-order valence-electron chi connectivity index (χ3n) is 3.98. The molecule has 6 nitrogen and oxygen atoms in total. The van der Waals surface area contributed by atoms with Gasteiger partial charge in [0.1, 0.15) is 5.82 Å². The molecule has 1 amide bonds. The zero-order valence-electron chi connectivity index (χ0n) is 14.7. The van der Waals surface area contributed by atoms with Gasteiger partial charge in [0.15, 0.2) is 9.84 Å². The molecule has 0 aliphatic carbocycles. The van der Waals surface area contributed by atoms with E-state index >= 15 is 0 Å². The van der Waals surface area contributed by atoms with E-state index in [2.05, 4.69) is 5.32 Å². The van der Waals surface area contributed by atoms with Crippen LogP contribution in [0, 0.1) is 5.82 Å². The molecule has 0 heterocycles. The maximum Gasteiger partial charge on any atom is 0.307 e. The number of carboxylic acids is 1. The van der Waals surface area contributed by atoms with Gasteiger partial charge in [-0.3, -0.25) is 9.59 Å². The molecule has 0 saturated heterocycles. The Bertz CT molecular complexity index is 939. The van der Waals surface area contributed by atoms with Gasteiger partial charge in [-0.2, -0.15) is 0 Å². The number of rotatable bonds is 8. The van der Waals surface area contributed by atoms with Crippen LogP contribution in [-0.2, 0) is 32.3 Å². The molecule has 0 bridgehead atoms. The molecular weight excluding hydrogens is 373 g/mol. The molecule has 27 heavy (non-hydrogen) atoms. The van der Waals surface area contributed by atoms with E-state index in [1.54, 1.807) is 19.1 Å². The van der Waals surface area contributed by atoms with Gasteiger partial charge in [-0.25, -0.2) is 12.8 Å². The van der Waals surface area contributed by atoms with Crippen LogP contribution in [0.2, 0.25) is 0 Å². The lowest BCUT2D eigenvalue weighted by Gasteiger charge is -2.08. The minimum atomic E-state index is -3.25. The lowest BCUT2D eigenvalue weighted by Crippen LogP contribution is -2.13. The third-order valence-corrected chi connectivity index (χ3v) is 5.73. The van der Waals surface area contributed by atoms with Gasteiger partial charge < -0.3 is 10.4 Å². The van der Waals surface area contributed by atoms with Crippen molar-refractivity contribution >= 4 is 27.4 Å². The van der Waals surface area contributed by atoms with Gasteiger partial charge in [-0.1, -0.05) is 25.1 Å². The van der Waals surface area contributed by atoms with E-state index in [0.717, 1.165) is 11.6 Å². The monoisotopic (exact) mass is 393 g/mol. The number of sulfone groups is 1. The van der Waals surface area contributed by atoms with Gasteiger partial charge >= 0.3 is 5.97 Å². The maximum absolute atomic E-state index is 13.8. The zero-order chi connectivity index (χ0) is 20.0. The van der Waals surface area contributed by atoms with Gasteiger partial charge in [0.25, 0.3) is 0 Å². The van der Waals surface area contributed by atoms with Crippen LogP contribution in [0.5, 0.6) is 0 Å². The van der Waals surface area contributed by atoms with E-state index in [-0.39, 0.29) is 34.2 Å². The van der Waals surface area contributed by atoms with Crippen molar-refractivity contribution in [2.75, 3.05) is 11.1 Å². The van der Waals surface area contributed by atoms with E-state index in [0.29, 0.717) is 6.42 Å². The number of halogens is 1. The molecule has 0 aliphatic rings. The van der Waals surface area contributed by atoms with Crippen molar-refractivity contribution in [2.24, 2.45) is 0 Å². The predicted molar refractivity (Wildman–Crippen MR) is 98.9 cm³/mol. The Morgan fingerprint density at radius 2 is 1.78 bits per heavy atom. The van der Waals surface area contributed by atoms with E-state index in [4.69, 9.17) is 5.11 Å². The molecule has 0 spiro atoms. The molecule has 0 radical (unpaired) electrons. The van der Waals surface area contributed by atoms with Crippen molar-refractivity contribution in [1.29, 1.82) is 0 Å². The summed E-state index contributed by atoms with van der Waals surface area (Å²) in [5.74, 6) is -2.13. The summed E-state index contributed by atoms with van der Waals surface area (Å²) < 4.78 is 37.3. The molecule has 0 atom stereocenters. The summed E-state index contributed by atoms with van der Waals surface area (Å²) >= 11 is 0. The fourth-order valence-electron chi connectivity index (χ4n) is 2.44. The molecule has 2 N–H and O–H groups in total. The number of nitrogens with one attached hydrogen (secondary N) is 1. The SMILES string of the molecule is CCS(=O)(=O)c1ccc(CCC(=O)Nc2ccc(CC(=O)O)c(F)c2)cc1. The lowest BCUT2D eigenvalue weighted by molar-refractivity contribution is -0.136. The Morgan fingerprint density at radius 3 is 2.33 bits per heavy atom. The van der Waals surface area contributed by atoms with Gasteiger partial charge in [0.2, 0.25) is 5.91 Å². The number of hydrogen-bond donors (Lipinski definition) is 2. The van der Waals surface area contributed by atoms with Crippen molar-refractivity contribution in [3.8, 4) is 0 Å². The largest absolute Gasteiger partial charge is 0.481 e. The second-order valence-corrected chi connectivity index (χ2v) is 8.25. The highest BCUT2D eigenvalue weighted by molar-refractivity contribution is 7.91. The van der Waals surface area contributed by atoms with Crippen molar-refractivity contribution in [3.63, 3.8) is 0 Å². The standard InChI is InChI=1S/C19H20FNO5S/c1-2-27(25,26)16-8-3-13(4-9-16)5-10-18(22)21-15-7-6-14(11-19(23)24)17(20)12-15/h3-4,6-9,12H,2,5,10-11H2,1H3,(H,21,22)(H,23,24). The van der Waals surface area contributed by atoms with Crippen LogP contribution in [0.25, 0.3) is 0 Å². The number of amides is 1. The second-order valence-electron chi connectivity index (χ2n) is 5.97.